The Morgan fingerprint density at radius 3 is 2.43 bits per heavy atom. The molecule has 0 radical (unpaired) electrons. The molecule has 2 aromatic rings. The maximum atomic E-state index is 12.0. The minimum atomic E-state index is -0.213. The maximum Gasteiger partial charge on any atom is 0.321 e. The van der Waals surface area contributed by atoms with E-state index in [9.17, 15) is 4.79 Å². The standard InChI is InChI=1S/C18H22N2O3/c1-2-20(12-13-21)18(22)19-16-10-8-15(9-11-16)14-23-17-6-4-3-5-7-17/h3-11,21H,2,12-14H2,1H3,(H,19,22). The molecule has 2 amide bonds. The van der Waals surface area contributed by atoms with Gasteiger partial charge in [-0.2, -0.15) is 0 Å². The summed E-state index contributed by atoms with van der Waals surface area (Å²) in [6.07, 6.45) is 0. The maximum absolute atomic E-state index is 12.0. The van der Waals surface area contributed by atoms with Crippen LogP contribution < -0.4 is 10.1 Å². The van der Waals surface area contributed by atoms with Crippen LogP contribution >= 0.6 is 0 Å². The lowest BCUT2D eigenvalue weighted by atomic mass is 10.2. The minimum Gasteiger partial charge on any atom is -0.489 e. The van der Waals surface area contributed by atoms with Gasteiger partial charge in [0.15, 0.2) is 0 Å². The van der Waals surface area contributed by atoms with E-state index in [0.29, 0.717) is 19.7 Å². The number of carbonyl (C=O) groups excluding carboxylic acids is 1. The number of hydrogen-bond acceptors (Lipinski definition) is 3. The highest BCUT2D eigenvalue weighted by molar-refractivity contribution is 5.89. The summed E-state index contributed by atoms with van der Waals surface area (Å²) in [5.74, 6) is 0.826. The van der Waals surface area contributed by atoms with Crippen molar-refractivity contribution >= 4 is 11.7 Å². The Hall–Kier alpha value is -2.53. The number of anilines is 1. The Balaban J connectivity index is 1.88. The number of nitrogens with one attached hydrogen (secondary N) is 1. The van der Waals surface area contributed by atoms with E-state index in [-0.39, 0.29) is 12.6 Å². The van der Waals surface area contributed by atoms with Gasteiger partial charge in [-0.05, 0) is 36.8 Å². The molecular weight excluding hydrogens is 292 g/mol. The molecule has 0 aliphatic carbocycles. The monoisotopic (exact) mass is 314 g/mol. The van der Waals surface area contributed by atoms with Crippen LogP contribution in [0, 0.1) is 0 Å². The summed E-state index contributed by atoms with van der Waals surface area (Å²) < 4.78 is 5.68. The van der Waals surface area contributed by atoms with Crippen molar-refractivity contribution < 1.29 is 14.6 Å². The number of hydrogen-bond donors (Lipinski definition) is 2. The fourth-order valence-electron chi connectivity index (χ4n) is 2.09. The van der Waals surface area contributed by atoms with E-state index in [1.807, 2.05) is 61.5 Å². The molecule has 0 saturated carbocycles. The number of para-hydroxylation sites is 1. The van der Waals surface area contributed by atoms with Gasteiger partial charge in [-0.25, -0.2) is 4.79 Å². The van der Waals surface area contributed by atoms with Crippen molar-refractivity contribution in [2.75, 3.05) is 25.0 Å². The first-order valence-electron chi connectivity index (χ1n) is 7.66. The third-order valence-electron chi connectivity index (χ3n) is 3.39. The number of carbonyl (C=O) groups is 1. The molecule has 0 saturated heterocycles. The van der Waals surface area contributed by atoms with Crippen LogP contribution in [0.5, 0.6) is 5.75 Å². The zero-order valence-corrected chi connectivity index (χ0v) is 13.2. The molecule has 0 aliphatic rings. The average Bonchev–Trinajstić information content (AvgIpc) is 2.60. The average molecular weight is 314 g/mol. The second-order valence-corrected chi connectivity index (χ2v) is 5.03. The number of rotatable bonds is 7. The van der Waals surface area contributed by atoms with Gasteiger partial charge in [0.2, 0.25) is 0 Å². The summed E-state index contributed by atoms with van der Waals surface area (Å²) in [6, 6.07) is 16.9. The molecule has 2 N–H and O–H groups in total. The normalized spacial score (nSPS) is 10.2. The molecule has 0 fully saturated rings. The first kappa shape index (κ1) is 16.8. The van der Waals surface area contributed by atoms with Gasteiger partial charge in [-0.3, -0.25) is 0 Å². The van der Waals surface area contributed by atoms with Crippen LogP contribution in [0.25, 0.3) is 0 Å². The summed E-state index contributed by atoms with van der Waals surface area (Å²) in [6.45, 7) is 3.18. The molecule has 0 aliphatic heterocycles. The largest absolute Gasteiger partial charge is 0.489 e. The molecular formula is C18H22N2O3. The lowest BCUT2D eigenvalue weighted by Gasteiger charge is -2.20. The first-order valence-corrected chi connectivity index (χ1v) is 7.66. The number of nitrogens with zero attached hydrogens (tertiary/aromatic N) is 1. The highest BCUT2D eigenvalue weighted by atomic mass is 16.5. The van der Waals surface area contributed by atoms with Gasteiger partial charge >= 0.3 is 6.03 Å². The molecule has 0 unspecified atom stereocenters. The molecule has 0 aromatic heterocycles. The number of amides is 2. The third-order valence-corrected chi connectivity index (χ3v) is 3.39. The first-order chi connectivity index (χ1) is 11.2. The van der Waals surface area contributed by atoms with Gasteiger partial charge in [0.05, 0.1) is 6.61 Å². The number of urea groups is 1. The van der Waals surface area contributed by atoms with Crippen molar-refractivity contribution in [2.45, 2.75) is 13.5 Å². The topological polar surface area (TPSA) is 61.8 Å². The molecule has 5 heteroatoms. The van der Waals surface area contributed by atoms with Crippen molar-refractivity contribution in [2.24, 2.45) is 0 Å². The van der Waals surface area contributed by atoms with Crippen LogP contribution in [0.4, 0.5) is 10.5 Å². The van der Waals surface area contributed by atoms with E-state index in [4.69, 9.17) is 9.84 Å². The molecule has 5 nitrogen and oxygen atoms in total. The molecule has 0 bridgehead atoms. The quantitative estimate of drug-likeness (QED) is 0.825. The molecule has 2 rings (SSSR count). The van der Waals surface area contributed by atoms with Gasteiger partial charge in [0.25, 0.3) is 0 Å². The molecule has 122 valence electrons. The van der Waals surface area contributed by atoms with Crippen LogP contribution in [0.1, 0.15) is 12.5 Å². The van der Waals surface area contributed by atoms with E-state index in [0.717, 1.165) is 17.0 Å². The van der Waals surface area contributed by atoms with E-state index >= 15 is 0 Å². The predicted molar refractivity (Wildman–Crippen MR) is 90.6 cm³/mol. The van der Waals surface area contributed by atoms with Crippen LogP contribution in [0.15, 0.2) is 54.6 Å². The van der Waals surface area contributed by atoms with Crippen LogP contribution in [0.2, 0.25) is 0 Å². The van der Waals surface area contributed by atoms with E-state index in [1.54, 1.807) is 4.90 Å². The van der Waals surface area contributed by atoms with Crippen molar-refractivity contribution in [3.63, 3.8) is 0 Å². The molecule has 2 aromatic carbocycles. The summed E-state index contributed by atoms with van der Waals surface area (Å²) in [5.41, 5.74) is 1.74. The van der Waals surface area contributed by atoms with Gasteiger partial charge in [0, 0.05) is 18.8 Å². The van der Waals surface area contributed by atoms with Gasteiger partial charge in [-0.1, -0.05) is 30.3 Å². The number of aliphatic hydroxyl groups excluding tert-OH is 1. The molecule has 0 atom stereocenters. The summed E-state index contributed by atoms with van der Waals surface area (Å²) in [5, 5.41) is 11.8. The SMILES string of the molecule is CCN(CCO)C(=O)Nc1ccc(COc2ccccc2)cc1. The van der Waals surface area contributed by atoms with E-state index < -0.39 is 0 Å². The van der Waals surface area contributed by atoms with Crippen molar-refractivity contribution in [3.05, 3.63) is 60.2 Å². The predicted octanol–water partition coefficient (Wildman–Crippen LogP) is 3.11. The van der Waals surface area contributed by atoms with Gasteiger partial charge in [-0.15, -0.1) is 0 Å². The van der Waals surface area contributed by atoms with Crippen molar-refractivity contribution in [3.8, 4) is 5.75 Å². The Morgan fingerprint density at radius 2 is 1.83 bits per heavy atom. The Morgan fingerprint density at radius 1 is 1.13 bits per heavy atom. The van der Waals surface area contributed by atoms with Gasteiger partial charge in [0.1, 0.15) is 12.4 Å². The third kappa shape index (κ3) is 5.30. The zero-order chi connectivity index (χ0) is 16.5. The van der Waals surface area contributed by atoms with Crippen LogP contribution in [0.3, 0.4) is 0 Å². The molecule has 0 heterocycles. The Labute approximate surface area is 136 Å². The van der Waals surface area contributed by atoms with Crippen LogP contribution in [-0.4, -0.2) is 35.7 Å². The fourth-order valence-corrected chi connectivity index (χ4v) is 2.09. The number of benzene rings is 2. The summed E-state index contributed by atoms with van der Waals surface area (Å²) >= 11 is 0. The molecule has 23 heavy (non-hydrogen) atoms. The number of likely N-dealkylation sites (N-methyl/N-ethyl adjacent to an activating group) is 1. The second-order valence-electron chi connectivity index (χ2n) is 5.03. The highest BCUT2D eigenvalue weighted by Gasteiger charge is 2.10. The lowest BCUT2D eigenvalue weighted by molar-refractivity contribution is 0.192. The minimum absolute atomic E-state index is 0.0446. The lowest BCUT2D eigenvalue weighted by Crippen LogP contribution is -2.36. The smallest absolute Gasteiger partial charge is 0.321 e. The van der Waals surface area contributed by atoms with Crippen LogP contribution in [-0.2, 0) is 6.61 Å². The Kier molecular flexibility index (Phi) is 6.44. The Bertz CT molecular complexity index is 599. The van der Waals surface area contributed by atoms with Crippen molar-refractivity contribution in [1.29, 1.82) is 0 Å². The fraction of sp³-hybridized carbons (Fsp3) is 0.278. The summed E-state index contributed by atoms with van der Waals surface area (Å²) in [7, 11) is 0. The van der Waals surface area contributed by atoms with E-state index in [2.05, 4.69) is 5.32 Å². The summed E-state index contributed by atoms with van der Waals surface area (Å²) in [4.78, 5) is 13.6. The number of ether oxygens (including phenoxy) is 1. The zero-order valence-electron chi connectivity index (χ0n) is 13.2. The van der Waals surface area contributed by atoms with Gasteiger partial charge < -0.3 is 20.1 Å². The number of aliphatic hydroxyl groups is 1. The van der Waals surface area contributed by atoms with E-state index in [1.165, 1.54) is 0 Å². The second kappa shape index (κ2) is 8.80. The van der Waals surface area contributed by atoms with Crippen molar-refractivity contribution in [1.82, 2.24) is 4.90 Å². The molecule has 0 spiro atoms. The highest BCUT2D eigenvalue weighted by Crippen LogP contribution is 2.14.